The lowest BCUT2D eigenvalue weighted by Crippen LogP contribution is -2.44. The molecular weight excluding hydrogens is 358 g/mol. The van der Waals surface area contributed by atoms with Gasteiger partial charge in [0.15, 0.2) is 11.5 Å². The molecule has 4 rings (SSSR count). The Bertz CT molecular complexity index is 953. The van der Waals surface area contributed by atoms with Crippen LogP contribution in [0.2, 0.25) is 0 Å². The molecule has 7 heteroatoms. The van der Waals surface area contributed by atoms with Crippen molar-refractivity contribution in [2.24, 2.45) is 0 Å². The number of ether oxygens (including phenoxy) is 1. The molecule has 0 saturated carbocycles. The number of rotatable bonds is 6. The average molecular weight is 381 g/mol. The molecule has 3 aromatic rings. The van der Waals surface area contributed by atoms with Gasteiger partial charge < -0.3 is 19.3 Å². The van der Waals surface area contributed by atoms with Crippen LogP contribution in [0.25, 0.3) is 10.9 Å². The van der Waals surface area contributed by atoms with E-state index in [9.17, 15) is 9.90 Å². The highest BCUT2D eigenvalue weighted by Gasteiger charge is 2.29. The lowest BCUT2D eigenvalue weighted by atomic mass is 9.99. The van der Waals surface area contributed by atoms with Crippen LogP contribution in [0, 0.1) is 0 Å². The van der Waals surface area contributed by atoms with Gasteiger partial charge in [-0.05, 0) is 49.9 Å². The summed E-state index contributed by atoms with van der Waals surface area (Å²) < 4.78 is 11.1. The molecule has 146 valence electrons. The largest absolute Gasteiger partial charge is 0.486 e. The van der Waals surface area contributed by atoms with Crippen LogP contribution < -0.4 is 4.74 Å². The summed E-state index contributed by atoms with van der Waals surface area (Å²) in [5.74, 6) is 1.04. The Morgan fingerprint density at radius 1 is 1.29 bits per heavy atom. The fraction of sp³-hybridized carbons (Fsp3) is 0.381. The van der Waals surface area contributed by atoms with E-state index < -0.39 is 0 Å². The van der Waals surface area contributed by atoms with Crippen molar-refractivity contribution >= 4 is 16.8 Å². The molecule has 0 bridgehead atoms. The smallest absolute Gasteiger partial charge is 0.276 e. The summed E-state index contributed by atoms with van der Waals surface area (Å²) in [5.41, 5.74) is 1.19. The van der Waals surface area contributed by atoms with E-state index in [2.05, 4.69) is 10.1 Å². The second kappa shape index (κ2) is 8.39. The van der Waals surface area contributed by atoms with Crippen molar-refractivity contribution in [3.05, 3.63) is 54.0 Å². The van der Waals surface area contributed by atoms with Crippen LogP contribution in [0.4, 0.5) is 0 Å². The maximum atomic E-state index is 12.8. The van der Waals surface area contributed by atoms with Gasteiger partial charge in [0.1, 0.15) is 12.4 Å². The summed E-state index contributed by atoms with van der Waals surface area (Å²) in [6.07, 6.45) is 5.31. The maximum absolute atomic E-state index is 12.8. The predicted octanol–water partition coefficient (Wildman–Crippen LogP) is 3.18. The van der Waals surface area contributed by atoms with E-state index in [1.165, 1.54) is 0 Å². The van der Waals surface area contributed by atoms with Crippen LogP contribution in [-0.4, -0.2) is 45.2 Å². The summed E-state index contributed by atoms with van der Waals surface area (Å²) in [4.78, 5) is 18.9. The Morgan fingerprint density at radius 3 is 3.11 bits per heavy atom. The first kappa shape index (κ1) is 18.4. The second-order valence-electron chi connectivity index (χ2n) is 6.99. The molecule has 1 N–H and O–H groups in total. The van der Waals surface area contributed by atoms with Crippen LogP contribution >= 0.6 is 0 Å². The van der Waals surface area contributed by atoms with Crippen LogP contribution in [0.5, 0.6) is 5.75 Å². The monoisotopic (exact) mass is 381 g/mol. The third-order valence-electron chi connectivity index (χ3n) is 5.08. The molecular formula is C21H23N3O4. The molecule has 1 aliphatic rings. The molecule has 1 unspecified atom stereocenters. The summed E-state index contributed by atoms with van der Waals surface area (Å²) in [7, 11) is 0. The van der Waals surface area contributed by atoms with Gasteiger partial charge in [0.25, 0.3) is 5.91 Å². The van der Waals surface area contributed by atoms with E-state index in [-0.39, 0.29) is 30.9 Å². The molecule has 1 aromatic carbocycles. The van der Waals surface area contributed by atoms with Crippen LogP contribution in [0.15, 0.2) is 47.1 Å². The first-order valence-electron chi connectivity index (χ1n) is 9.59. The first-order valence-corrected chi connectivity index (χ1v) is 9.59. The van der Waals surface area contributed by atoms with Gasteiger partial charge in [0.05, 0.1) is 5.52 Å². The van der Waals surface area contributed by atoms with Gasteiger partial charge in [-0.3, -0.25) is 9.78 Å². The van der Waals surface area contributed by atoms with Gasteiger partial charge in [0, 0.05) is 36.8 Å². The number of carbonyl (C=O) groups excluding carboxylic acids is 1. The standard InChI is InChI=1S/C21H23N3O4/c25-11-8-16-5-1-2-10-24(16)21(26)20-13-18(28-23-20)14-27-17-6-7-19-15(12-17)4-3-9-22-19/h3-4,6-7,9,12-13,16,25H,1-2,5,8,10-11,14H2. The van der Waals surface area contributed by atoms with Gasteiger partial charge in [-0.15, -0.1) is 0 Å². The van der Waals surface area contributed by atoms with Crippen molar-refractivity contribution in [2.75, 3.05) is 13.2 Å². The number of hydrogen-bond donors (Lipinski definition) is 1. The maximum Gasteiger partial charge on any atom is 0.276 e. The highest BCUT2D eigenvalue weighted by Crippen LogP contribution is 2.23. The summed E-state index contributed by atoms with van der Waals surface area (Å²) in [5, 5.41) is 14.2. The van der Waals surface area contributed by atoms with Crippen molar-refractivity contribution in [1.29, 1.82) is 0 Å². The molecule has 7 nitrogen and oxygen atoms in total. The third kappa shape index (κ3) is 3.99. The number of aliphatic hydroxyl groups is 1. The molecule has 1 aliphatic heterocycles. The van der Waals surface area contributed by atoms with Crippen molar-refractivity contribution in [3.8, 4) is 5.75 Å². The van der Waals surface area contributed by atoms with E-state index in [1.54, 1.807) is 17.2 Å². The number of pyridine rings is 1. The Balaban J connectivity index is 1.41. The van der Waals surface area contributed by atoms with Gasteiger partial charge in [0.2, 0.25) is 0 Å². The Labute approximate surface area is 162 Å². The highest BCUT2D eigenvalue weighted by atomic mass is 16.5. The number of carbonyl (C=O) groups is 1. The lowest BCUT2D eigenvalue weighted by Gasteiger charge is -2.34. The summed E-state index contributed by atoms with van der Waals surface area (Å²) >= 11 is 0. The number of aliphatic hydroxyl groups excluding tert-OH is 1. The quantitative estimate of drug-likeness (QED) is 0.705. The number of amides is 1. The zero-order valence-corrected chi connectivity index (χ0v) is 15.6. The fourth-order valence-corrected chi connectivity index (χ4v) is 3.64. The lowest BCUT2D eigenvalue weighted by molar-refractivity contribution is 0.0564. The molecule has 0 radical (unpaired) electrons. The fourth-order valence-electron chi connectivity index (χ4n) is 3.64. The molecule has 0 spiro atoms. The van der Waals surface area contributed by atoms with Gasteiger partial charge in [-0.25, -0.2) is 0 Å². The van der Waals surface area contributed by atoms with Crippen molar-refractivity contribution < 1.29 is 19.2 Å². The number of fused-ring (bicyclic) bond motifs is 1. The molecule has 1 amide bonds. The van der Waals surface area contributed by atoms with Gasteiger partial charge >= 0.3 is 0 Å². The number of piperidine rings is 1. The molecule has 3 heterocycles. The summed E-state index contributed by atoms with van der Waals surface area (Å²) in [6.45, 7) is 0.951. The minimum absolute atomic E-state index is 0.0638. The molecule has 28 heavy (non-hydrogen) atoms. The number of likely N-dealkylation sites (tertiary alicyclic amines) is 1. The molecule has 0 aliphatic carbocycles. The minimum Gasteiger partial charge on any atom is -0.486 e. The second-order valence-corrected chi connectivity index (χ2v) is 6.99. The van der Waals surface area contributed by atoms with Crippen molar-refractivity contribution in [1.82, 2.24) is 15.0 Å². The normalized spacial score (nSPS) is 17.0. The van der Waals surface area contributed by atoms with E-state index in [0.29, 0.717) is 24.5 Å². The highest BCUT2D eigenvalue weighted by molar-refractivity contribution is 5.92. The van der Waals surface area contributed by atoms with E-state index >= 15 is 0 Å². The van der Waals surface area contributed by atoms with Crippen LogP contribution in [-0.2, 0) is 6.61 Å². The van der Waals surface area contributed by atoms with E-state index in [4.69, 9.17) is 9.26 Å². The van der Waals surface area contributed by atoms with Crippen molar-refractivity contribution in [3.63, 3.8) is 0 Å². The molecule has 1 saturated heterocycles. The third-order valence-corrected chi connectivity index (χ3v) is 5.08. The zero-order chi connectivity index (χ0) is 19.3. The Kier molecular flexibility index (Phi) is 5.53. The molecule has 1 atom stereocenters. The van der Waals surface area contributed by atoms with Crippen LogP contribution in [0.1, 0.15) is 41.9 Å². The zero-order valence-electron chi connectivity index (χ0n) is 15.6. The number of benzene rings is 1. The number of nitrogens with zero attached hydrogens (tertiary/aromatic N) is 3. The summed E-state index contributed by atoms with van der Waals surface area (Å²) in [6, 6.07) is 11.2. The number of aromatic nitrogens is 2. The topological polar surface area (TPSA) is 88.7 Å². The van der Waals surface area contributed by atoms with Gasteiger partial charge in [-0.2, -0.15) is 0 Å². The SMILES string of the molecule is O=C(c1cc(COc2ccc3ncccc3c2)on1)N1CCCCC1CCO. The predicted molar refractivity (Wildman–Crippen MR) is 103 cm³/mol. The van der Waals surface area contributed by atoms with E-state index in [1.807, 2.05) is 30.3 Å². The minimum atomic E-state index is -0.148. The van der Waals surface area contributed by atoms with Crippen LogP contribution in [0.3, 0.4) is 0 Å². The molecule has 1 fully saturated rings. The Hall–Kier alpha value is -2.93. The molecule has 2 aromatic heterocycles. The van der Waals surface area contributed by atoms with E-state index in [0.717, 1.165) is 30.2 Å². The average Bonchev–Trinajstić information content (AvgIpc) is 3.21. The number of hydrogen-bond acceptors (Lipinski definition) is 6. The van der Waals surface area contributed by atoms with Crippen molar-refractivity contribution in [2.45, 2.75) is 38.3 Å². The Morgan fingerprint density at radius 2 is 2.21 bits per heavy atom. The first-order chi connectivity index (χ1) is 13.7. The van der Waals surface area contributed by atoms with Gasteiger partial charge in [-0.1, -0.05) is 11.2 Å².